The summed E-state index contributed by atoms with van der Waals surface area (Å²) in [5.41, 5.74) is 2.36. The Kier molecular flexibility index (Phi) is 5.58. The average Bonchev–Trinajstić information content (AvgIpc) is 2.55. The van der Waals surface area contributed by atoms with Gasteiger partial charge < -0.3 is 10.1 Å². The zero-order valence-corrected chi connectivity index (χ0v) is 15.0. The second-order valence-corrected chi connectivity index (χ2v) is 7.64. The van der Waals surface area contributed by atoms with Gasteiger partial charge in [0.2, 0.25) is 0 Å². The molecule has 0 aliphatic carbocycles. The van der Waals surface area contributed by atoms with Gasteiger partial charge in [-0.15, -0.1) is 0 Å². The number of sulfone groups is 1. The summed E-state index contributed by atoms with van der Waals surface area (Å²) in [6.45, 7) is 3.21. The number of carbonyl (C=O) groups is 2. The van der Waals surface area contributed by atoms with E-state index >= 15 is 0 Å². The van der Waals surface area contributed by atoms with Crippen molar-refractivity contribution in [2.75, 3.05) is 18.2 Å². The number of amides is 1. The summed E-state index contributed by atoms with van der Waals surface area (Å²) >= 11 is 0. The number of rotatable bonds is 5. The largest absolute Gasteiger partial charge is 0.452 e. The molecule has 0 spiro atoms. The highest BCUT2D eigenvalue weighted by Crippen LogP contribution is 2.19. The first-order chi connectivity index (χ1) is 11.7. The fourth-order valence-electron chi connectivity index (χ4n) is 2.35. The zero-order chi connectivity index (χ0) is 18.6. The fraction of sp³-hybridized carbons (Fsp3) is 0.222. The number of esters is 1. The lowest BCUT2D eigenvalue weighted by Crippen LogP contribution is -2.22. The van der Waals surface area contributed by atoms with E-state index in [1.54, 1.807) is 0 Å². The Morgan fingerprint density at radius 2 is 1.60 bits per heavy atom. The molecule has 0 aliphatic heterocycles. The first-order valence-corrected chi connectivity index (χ1v) is 9.41. The molecular weight excluding hydrogens is 342 g/mol. The maximum atomic E-state index is 12.1. The van der Waals surface area contributed by atoms with Crippen molar-refractivity contribution in [2.24, 2.45) is 0 Å². The lowest BCUT2D eigenvalue weighted by molar-refractivity contribution is -0.119. The Balaban J connectivity index is 2.07. The summed E-state index contributed by atoms with van der Waals surface area (Å²) in [6.07, 6.45) is 1.01. The minimum Gasteiger partial charge on any atom is -0.452 e. The second-order valence-electron chi connectivity index (χ2n) is 5.66. The van der Waals surface area contributed by atoms with Crippen LogP contribution in [0.1, 0.15) is 21.5 Å². The second kappa shape index (κ2) is 7.48. The highest BCUT2D eigenvalue weighted by atomic mass is 32.2. The number of aryl methyl sites for hydroxylation is 2. The van der Waals surface area contributed by atoms with Gasteiger partial charge in [-0.25, -0.2) is 13.2 Å². The van der Waals surface area contributed by atoms with E-state index in [0.717, 1.165) is 17.4 Å². The molecule has 0 saturated heterocycles. The Morgan fingerprint density at radius 1 is 1.00 bits per heavy atom. The van der Waals surface area contributed by atoms with Crippen LogP contribution in [0, 0.1) is 13.8 Å². The number of nitrogens with one attached hydrogen (secondary N) is 1. The van der Waals surface area contributed by atoms with Crippen LogP contribution in [0.3, 0.4) is 0 Å². The first-order valence-electron chi connectivity index (χ1n) is 7.52. The summed E-state index contributed by atoms with van der Waals surface area (Å²) < 4.78 is 28.4. The molecule has 0 radical (unpaired) electrons. The standard InChI is InChI=1S/C18H19NO5S/c1-12-7-6-8-13(2)17(12)19-16(20)11-24-18(21)14-9-4-5-10-15(14)25(3,22)23/h4-10H,11H2,1-3H3,(H,19,20). The van der Waals surface area contributed by atoms with Crippen LogP contribution in [0.25, 0.3) is 0 Å². The number of para-hydroxylation sites is 1. The number of hydrogen-bond acceptors (Lipinski definition) is 5. The molecule has 2 aromatic rings. The van der Waals surface area contributed by atoms with Crippen molar-refractivity contribution >= 4 is 27.4 Å². The van der Waals surface area contributed by atoms with Gasteiger partial charge in [-0.1, -0.05) is 30.3 Å². The summed E-state index contributed by atoms with van der Waals surface area (Å²) in [5.74, 6) is -1.36. The summed E-state index contributed by atoms with van der Waals surface area (Å²) in [4.78, 5) is 24.0. The molecule has 0 fully saturated rings. The molecule has 1 N–H and O–H groups in total. The van der Waals surface area contributed by atoms with E-state index in [2.05, 4.69) is 5.32 Å². The smallest absolute Gasteiger partial charge is 0.339 e. The Labute approximate surface area is 146 Å². The molecule has 2 rings (SSSR count). The van der Waals surface area contributed by atoms with Crippen LogP contribution in [0.2, 0.25) is 0 Å². The van der Waals surface area contributed by atoms with E-state index in [4.69, 9.17) is 4.74 Å². The van der Waals surface area contributed by atoms with Crippen molar-refractivity contribution in [1.29, 1.82) is 0 Å². The van der Waals surface area contributed by atoms with E-state index in [-0.39, 0.29) is 10.5 Å². The van der Waals surface area contributed by atoms with Gasteiger partial charge >= 0.3 is 5.97 Å². The van der Waals surface area contributed by atoms with E-state index in [1.807, 2.05) is 32.0 Å². The van der Waals surface area contributed by atoms with Gasteiger partial charge in [0, 0.05) is 11.9 Å². The van der Waals surface area contributed by atoms with Gasteiger partial charge in [0.1, 0.15) is 0 Å². The molecule has 0 saturated carbocycles. The zero-order valence-electron chi connectivity index (χ0n) is 14.2. The number of carbonyl (C=O) groups excluding carboxylic acids is 2. The summed E-state index contributed by atoms with van der Waals surface area (Å²) in [5, 5.41) is 2.70. The van der Waals surface area contributed by atoms with Crippen LogP contribution in [0.4, 0.5) is 5.69 Å². The van der Waals surface area contributed by atoms with Crippen LogP contribution >= 0.6 is 0 Å². The molecule has 0 heterocycles. The predicted octanol–water partition coefficient (Wildman–Crippen LogP) is 2.50. The van der Waals surface area contributed by atoms with Gasteiger partial charge in [-0.2, -0.15) is 0 Å². The first kappa shape index (κ1) is 18.7. The predicted molar refractivity (Wildman–Crippen MR) is 94.4 cm³/mol. The summed E-state index contributed by atoms with van der Waals surface area (Å²) in [6, 6.07) is 11.3. The molecule has 0 aromatic heterocycles. The van der Waals surface area contributed by atoms with Crippen LogP contribution in [0.15, 0.2) is 47.4 Å². The minimum absolute atomic E-state index is 0.0927. The van der Waals surface area contributed by atoms with Crippen LogP contribution < -0.4 is 5.32 Å². The van der Waals surface area contributed by atoms with Crippen molar-refractivity contribution in [2.45, 2.75) is 18.7 Å². The Hall–Kier alpha value is -2.67. The maximum absolute atomic E-state index is 12.1. The average molecular weight is 361 g/mol. The Morgan fingerprint density at radius 3 is 2.20 bits per heavy atom. The van der Waals surface area contributed by atoms with Crippen molar-refractivity contribution in [1.82, 2.24) is 0 Å². The monoisotopic (exact) mass is 361 g/mol. The topological polar surface area (TPSA) is 89.5 Å². The van der Waals surface area contributed by atoms with Crippen LogP contribution in [-0.4, -0.2) is 33.2 Å². The molecule has 0 atom stereocenters. The third-order valence-corrected chi connectivity index (χ3v) is 4.74. The van der Waals surface area contributed by atoms with Crippen molar-refractivity contribution in [3.8, 4) is 0 Å². The van der Waals surface area contributed by atoms with Gasteiger partial charge in [0.25, 0.3) is 5.91 Å². The quantitative estimate of drug-likeness (QED) is 0.827. The Bertz CT molecular complexity index is 899. The molecule has 7 heteroatoms. The molecule has 25 heavy (non-hydrogen) atoms. The number of benzene rings is 2. The molecule has 1 amide bonds. The van der Waals surface area contributed by atoms with Crippen LogP contribution in [-0.2, 0) is 19.4 Å². The highest BCUT2D eigenvalue weighted by molar-refractivity contribution is 7.90. The normalized spacial score (nSPS) is 11.0. The SMILES string of the molecule is Cc1cccc(C)c1NC(=O)COC(=O)c1ccccc1S(C)(=O)=O. The lowest BCUT2D eigenvalue weighted by Gasteiger charge is -2.12. The fourth-order valence-corrected chi connectivity index (χ4v) is 3.23. The molecule has 0 aliphatic rings. The molecule has 2 aromatic carbocycles. The van der Waals surface area contributed by atoms with E-state index in [1.165, 1.54) is 24.3 Å². The highest BCUT2D eigenvalue weighted by Gasteiger charge is 2.20. The molecule has 0 bridgehead atoms. The van der Waals surface area contributed by atoms with E-state index < -0.39 is 28.3 Å². The van der Waals surface area contributed by atoms with Gasteiger partial charge in [0.15, 0.2) is 16.4 Å². The lowest BCUT2D eigenvalue weighted by atomic mass is 10.1. The number of hydrogen-bond donors (Lipinski definition) is 1. The van der Waals surface area contributed by atoms with Gasteiger partial charge in [-0.05, 0) is 37.1 Å². The van der Waals surface area contributed by atoms with E-state index in [0.29, 0.717) is 5.69 Å². The number of anilines is 1. The molecule has 6 nitrogen and oxygen atoms in total. The van der Waals surface area contributed by atoms with Crippen molar-refractivity contribution in [3.63, 3.8) is 0 Å². The van der Waals surface area contributed by atoms with Crippen molar-refractivity contribution in [3.05, 3.63) is 59.2 Å². The molecule has 132 valence electrons. The third-order valence-electron chi connectivity index (χ3n) is 3.59. The third kappa shape index (κ3) is 4.67. The van der Waals surface area contributed by atoms with E-state index in [9.17, 15) is 18.0 Å². The van der Waals surface area contributed by atoms with Gasteiger partial charge in [-0.3, -0.25) is 4.79 Å². The minimum atomic E-state index is -3.58. The van der Waals surface area contributed by atoms with Crippen molar-refractivity contribution < 1.29 is 22.7 Å². The van der Waals surface area contributed by atoms with Gasteiger partial charge in [0.05, 0.1) is 10.5 Å². The molecule has 0 unspecified atom stereocenters. The maximum Gasteiger partial charge on any atom is 0.339 e. The van der Waals surface area contributed by atoms with Crippen LogP contribution in [0.5, 0.6) is 0 Å². The molecular formula is C18H19NO5S. The number of ether oxygens (including phenoxy) is 1. The summed E-state index contributed by atoms with van der Waals surface area (Å²) in [7, 11) is -3.58.